The maximum absolute atomic E-state index is 11.8. The molecule has 33 heavy (non-hydrogen) atoms. The summed E-state index contributed by atoms with van der Waals surface area (Å²) in [7, 11) is -1.88. The van der Waals surface area contributed by atoms with Crippen LogP contribution in [0.25, 0.3) is 0 Å². The number of ether oxygens (including phenoxy) is 1. The van der Waals surface area contributed by atoms with Gasteiger partial charge in [-0.1, -0.05) is 78.4 Å². The Morgan fingerprint density at radius 3 is 1.67 bits per heavy atom. The third-order valence-electron chi connectivity index (χ3n) is 5.58. The van der Waals surface area contributed by atoms with Crippen molar-refractivity contribution in [3.8, 4) is 0 Å². The number of carbonyl (C=O) groups excluding carboxylic acids is 1. The number of carbonyl (C=O) groups is 1. The van der Waals surface area contributed by atoms with Crippen molar-refractivity contribution >= 4 is 29.1 Å². The highest BCUT2D eigenvalue weighted by atomic mass is 31.2. The monoisotopic (exact) mass is 455 g/mol. The number of rotatable bonds is 9. The third-order valence-corrected chi connectivity index (χ3v) is 9.85. The maximum Gasteiger partial charge on any atom is 0.333 e. The second-order valence-electron chi connectivity index (χ2n) is 7.88. The molecule has 0 amide bonds. The third kappa shape index (κ3) is 6.18. The summed E-state index contributed by atoms with van der Waals surface area (Å²) in [5, 5.41) is 4.11. The van der Waals surface area contributed by atoms with Crippen molar-refractivity contribution in [3.05, 3.63) is 126 Å². The van der Waals surface area contributed by atoms with Crippen molar-refractivity contribution in [3.63, 3.8) is 0 Å². The zero-order chi connectivity index (χ0) is 23.5. The zero-order valence-corrected chi connectivity index (χ0v) is 20.5. The fraction of sp³-hybridized carbons (Fsp3) is 0.167. The molecule has 3 aromatic rings. The van der Waals surface area contributed by atoms with Gasteiger partial charge in [0.25, 0.3) is 0 Å². The SMILES string of the molecule is CCOC(=O)\C(C)=C/C=C/C(C)=C/C[P+](c1ccccc1)(c1ccccc1)c1ccccc1. The molecular formula is C30H32O2P+. The van der Waals surface area contributed by atoms with Crippen molar-refractivity contribution < 1.29 is 9.53 Å². The standard InChI is InChI=1S/C30H32O2P/c1-4-32-30(31)26(3)16-14-15-25(2)23-24-33(27-17-8-5-9-18-27,28-19-10-6-11-20-28)29-21-12-7-13-22-29/h5-23H,4,24H2,1-3H3/q+1/b15-14+,25-23+,26-16-. The topological polar surface area (TPSA) is 26.3 Å². The van der Waals surface area contributed by atoms with Gasteiger partial charge in [-0.05, 0) is 63.2 Å². The Kier molecular flexibility index (Phi) is 8.98. The lowest BCUT2D eigenvalue weighted by atomic mass is 10.2. The van der Waals surface area contributed by atoms with Crippen molar-refractivity contribution in [1.29, 1.82) is 0 Å². The minimum absolute atomic E-state index is 0.272. The fourth-order valence-corrected chi connectivity index (χ4v) is 7.95. The van der Waals surface area contributed by atoms with E-state index in [1.54, 1.807) is 6.92 Å². The van der Waals surface area contributed by atoms with Crippen molar-refractivity contribution in [2.75, 3.05) is 12.8 Å². The van der Waals surface area contributed by atoms with Gasteiger partial charge >= 0.3 is 5.97 Å². The van der Waals surface area contributed by atoms with Crippen molar-refractivity contribution in [1.82, 2.24) is 0 Å². The van der Waals surface area contributed by atoms with Crippen LogP contribution in [0.3, 0.4) is 0 Å². The second kappa shape index (κ2) is 12.1. The van der Waals surface area contributed by atoms with E-state index in [0.29, 0.717) is 12.2 Å². The van der Waals surface area contributed by atoms with Crippen LogP contribution in [-0.4, -0.2) is 18.7 Å². The molecule has 168 valence electrons. The minimum Gasteiger partial charge on any atom is -0.463 e. The van der Waals surface area contributed by atoms with E-state index < -0.39 is 7.26 Å². The lowest BCUT2D eigenvalue weighted by Gasteiger charge is -2.26. The van der Waals surface area contributed by atoms with Crippen LogP contribution in [0.5, 0.6) is 0 Å². The average molecular weight is 456 g/mol. The molecular weight excluding hydrogens is 423 g/mol. The highest BCUT2D eigenvalue weighted by Crippen LogP contribution is 2.55. The molecule has 0 saturated heterocycles. The average Bonchev–Trinajstić information content (AvgIpc) is 2.86. The summed E-state index contributed by atoms with van der Waals surface area (Å²) in [6.45, 7) is 6.09. The van der Waals surface area contributed by atoms with E-state index in [0.717, 1.165) is 11.7 Å². The normalized spacial score (nSPS) is 12.7. The van der Waals surface area contributed by atoms with Gasteiger partial charge in [0.1, 0.15) is 23.2 Å². The zero-order valence-electron chi connectivity index (χ0n) is 19.6. The molecule has 0 radical (unpaired) electrons. The second-order valence-corrected chi connectivity index (χ2v) is 11.4. The Hall–Kier alpha value is -3.22. The van der Waals surface area contributed by atoms with Gasteiger partial charge in [-0.3, -0.25) is 0 Å². The highest BCUT2D eigenvalue weighted by Gasteiger charge is 2.44. The minimum atomic E-state index is -1.88. The molecule has 3 heteroatoms. The van der Waals surface area contributed by atoms with Gasteiger partial charge in [-0.2, -0.15) is 0 Å². The largest absolute Gasteiger partial charge is 0.463 e. The molecule has 0 spiro atoms. The van der Waals surface area contributed by atoms with Crippen LogP contribution in [0.15, 0.2) is 126 Å². The predicted octanol–water partition coefficient (Wildman–Crippen LogP) is 5.99. The molecule has 0 saturated carbocycles. The summed E-state index contributed by atoms with van der Waals surface area (Å²) < 4.78 is 5.05. The van der Waals surface area contributed by atoms with Crippen molar-refractivity contribution in [2.24, 2.45) is 0 Å². The lowest BCUT2D eigenvalue weighted by molar-refractivity contribution is -0.138. The quantitative estimate of drug-likeness (QED) is 0.171. The fourth-order valence-electron chi connectivity index (χ4n) is 3.82. The Bertz CT molecular complexity index is 1020. The number of hydrogen-bond donors (Lipinski definition) is 0. The summed E-state index contributed by atoms with van der Waals surface area (Å²) in [5.41, 5.74) is 1.76. The predicted molar refractivity (Wildman–Crippen MR) is 143 cm³/mol. The first-order chi connectivity index (χ1) is 16.1. The van der Waals surface area contributed by atoms with Gasteiger partial charge in [0.2, 0.25) is 0 Å². The van der Waals surface area contributed by atoms with Gasteiger partial charge in [-0.25, -0.2) is 4.79 Å². The lowest BCUT2D eigenvalue weighted by Crippen LogP contribution is -2.33. The van der Waals surface area contributed by atoms with Crippen LogP contribution in [0.1, 0.15) is 20.8 Å². The molecule has 0 heterocycles. The molecule has 0 atom stereocenters. The van der Waals surface area contributed by atoms with E-state index in [-0.39, 0.29) is 5.97 Å². The van der Waals surface area contributed by atoms with E-state index in [2.05, 4.69) is 110 Å². The van der Waals surface area contributed by atoms with Crippen LogP contribution in [0.4, 0.5) is 0 Å². The summed E-state index contributed by atoms with van der Waals surface area (Å²) in [5.74, 6) is -0.272. The van der Waals surface area contributed by atoms with E-state index in [4.69, 9.17) is 4.74 Å². The Labute approximate surface area is 198 Å². The summed E-state index contributed by atoms with van der Waals surface area (Å²) in [6.07, 6.45) is 9.03. The van der Waals surface area contributed by atoms with Crippen molar-refractivity contribution in [2.45, 2.75) is 20.8 Å². The Balaban J connectivity index is 2.01. The molecule has 0 N–H and O–H groups in total. The van der Waals surface area contributed by atoms with Gasteiger partial charge in [0.15, 0.2) is 0 Å². The maximum atomic E-state index is 11.8. The van der Waals surface area contributed by atoms with Gasteiger partial charge < -0.3 is 4.74 Å². The van der Waals surface area contributed by atoms with E-state index in [9.17, 15) is 4.79 Å². The first-order valence-electron chi connectivity index (χ1n) is 11.3. The summed E-state index contributed by atoms with van der Waals surface area (Å²) in [4.78, 5) is 11.8. The molecule has 0 aliphatic carbocycles. The van der Waals surface area contributed by atoms with Crippen LogP contribution < -0.4 is 15.9 Å². The summed E-state index contributed by atoms with van der Waals surface area (Å²) >= 11 is 0. The number of esters is 1. The number of benzene rings is 3. The number of hydrogen-bond acceptors (Lipinski definition) is 2. The van der Waals surface area contributed by atoms with E-state index in [1.807, 2.05) is 19.1 Å². The molecule has 2 nitrogen and oxygen atoms in total. The molecule has 0 aromatic heterocycles. The van der Waals surface area contributed by atoms with E-state index >= 15 is 0 Å². The van der Waals surface area contributed by atoms with Gasteiger partial charge in [0.05, 0.1) is 12.8 Å². The first-order valence-corrected chi connectivity index (χ1v) is 13.3. The first kappa shape index (κ1) is 24.4. The van der Waals surface area contributed by atoms with Gasteiger partial charge in [-0.15, -0.1) is 0 Å². The van der Waals surface area contributed by atoms with Gasteiger partial charge in [0, 0.05) is 5.57 Å². The van der Waals surface area contributed by atoms with Crippen LogP contribution in [0, 0.1) is 0 Å². The highest BCUT2D eigenvalue weighted by molar-refractivity contribution is 7.95. The molecule has 3 aromatic carbocycles. The molecule has 0 aliphatic rings. The molecule has 0 aliphatic heterocycles. The Morgan fingerprint density at radius 2 is 1.24 bits per heavy atom. The van der Waals surface area contributed by atoms with E-state index in [1.165, 1.54) is 15.9 Å². The van der Waals surface area contributed by atoms with Crippen LogP contribution >= 0.6 is 7.26 Å². The smallest absolute Gasteiger partial charge is 0.333 e. The molecule has 0 fully saturated rings. The molecule has 3 rings (SSSR count). The van der Waals surface area contributed by atoms with Crippen LogP contribution in [0.2, 0.25) is 0 Å². The molecule has 0 unspecified atom stereocenters. The molecule has 0 bridgehead atoms. The number of allylic oxidation sites excluding steroid dienone is 5. The summed E-state index contributed by atoms with van der Waals surface area (Å²) in [6, 6.07) is 32.6. The van der Waals surface area contributed by atoms with Crippen LogP contribution in [-0.2, 0) is 9.53 Å². The Morgan fingerprint density at radius 1 is 0.788 bits per heavy atom.